The van der Waals surface area contributed by atoms with Crippen molar-refractivity contribution in [3.63, 3.8) is 0 Å². The summed E-state index contributed by atoms with van der Waals surface area (Å²) in [6, 6.07) is 14.0. The van der Waals surface area contributed by atoms with E-state index in [9.17, 15) is 9.59 Å². The number of nitrogens with one attached hydrogen (secondary N) is 1. The normalized spacial score (nSPS) is 16.0. The van der Waals surface area contributed by atoms with Gasteiger partial charge in [-0.2, -0.15) is 0 Å². The van der Waals surface area contributed by atoms with Gasteiger partial charge < -0.3 is 14.8 Å². The minimum atomic E-state index is -0.557. The summed E-state index contributed by atoms with van der Waals surface area (Å²) >= 11 is 6.33. The fourth-order valence-electron chi connectivity index (χ4n) is 3.54. The highest BCUT2D eigenvalue weighted by Crippen LogP contribution is 2.29. The molecule has 1 aliphatic rings. The van der Waals surface area contributed by atoms with Gasteiger partial charge in [0.05, 0.1) is 20.8 Å². The van der Waals surface area contributed by atoms with Crippen LogP contribution in [0.15, 0.2) is 48.5 Å². The number of esters is 1. The van der Waals surface area contributed by atoms with Gasteiger partial charge in [-0.25, -0.2) is 4.79 Å². The van der Waals surface area contributed by atoms with Crippen LogP contribution < -0.4 is 10.1 Å². The minimum Gasteiger partial charge on any atom is -0.497 e. The van der Waals surface area contributed by atoms with E-state index in [0.29, 0.717) is 31.2 Å². The van der Waals surface area contributed by atoms with Crippen molar-refractivity contribution in [3.8, 4) is 5.75 Å². The molecule has 1 aliphatic heterocycles. The zero-order chi connectivity index (χ0) is 21.5. The van der Waals surface area contributed by atoms with Gasteiger partial charge in [-0.3, -0.25) is 14.6 Å². The number of rotatable bonds is 7. The molecule has 8 heteroatoms. The third-order valence-corrected chi connectivity index (χ3v) is 5.48. The lowest BCUT2D eigenvalue weighted by atomic mass is 10.0. The molecule has 0 aromatic heterocycles. The fourth-order valence-corrected chi connectivity index (χ4v) is 3.78. The van der Waals surface area contributed by atoms with Gasteiger partial charge in [0.15, 0.2) is 0 Å². The van der Waals surface area contributed by atoms with Crippen molar-refractivity contribution in [1.82, 2.24) is 9.80 Å². The summed E-state index contributed by atoms with van der Waals surface area (Å²) in [5.74, 6) is 0.320. The van der Waals surface area contributed by atoms with Gasteiger partial charge in [0.25, 0.3) is 0 Å². The lowest BCUT2D eigenvalue weighted by Gasteiger charge is -2.38. The summed E-state index contributed by atoms with van der Waals surface area (Å²) < 4.78 is 10.1. The van der Waals surface area contributed by atoms with E-state index in [0.717, 1.165) is 17.0 Å². The number of methoxy groups -OCH3 is 2. The Hall–Kier alpha value is -2.61. The molecule has 160 valence electrons. The van der Waals surface area contributed by atoms with E-state index >= 15 is 0 Å². The van der Waals surface area contributed by atoms with Crippen molar-refractivity contribution in [2.24, 2.45) is 0 Å². The maximum atomic E-state index is 12.5. The number of carbonyl (C=O) groups excluding carboxylic acids is 2. The number of carbonyl (C=O) groups is 2. The van der Waals surface area contributed by atoms with Crippen molar-refractivity contribution in [2.45, 2.75) is 6.04 Å². The second-order valence-electron chi connectivity index (χ2n) is 7.04. The number of nitrogens with zero attached hydrogens (tertiary/aromatic N) is 2. The highest BCUT2D eigenvalue weighted by atomic mass is 35.5. The number of amides is 1. The van der Waals surface area contributed by atoms with Crippen LogP contribution in [0, 0.1) is 0 Å². The van der Waals surface area contributed by atoms with Crippen LogP contribution in [0.5, 0.6) is 5.75 Å². The summed E-state index contributed by atoms with van der Waals surface area (Å²) in [7, 11) is 2.98. The van der Waals surface area contributed by atoms with E-state index in [1.54, 1.807) is 37.4 Å². The molecule has 0 saturated carbocycles. The molecular weight excluding hydrogens is 406 g/mol. The summed E-state index contributed by atoms with van der Waals surface area (Å²) in [6.45, 7) is 2.86. The van der Waals surface area contributed by atoms with Gasteiger partial charge in [-0.05, 0) is 35.9 Å². The lowest BCUT2D eigenvalue weighted by molar-refractivity contribution is -0.148. The highest BCUT2D eigenvalue weighted by Gasteiger charge is 2.32. The topological polar surface area (TPSA) is 71.1 Å². The number of piperazine rings is 1. The van der Waals surface area contributed by atoms with Crippen LogP contribution in [0.3, 0.4) is 0 Å². The molecule has 0 aliphatic carbocycles. The van der Waals surface area contributed by atoms with E-state index in [1.165, 1.54) is 7.11 Å². The average molecular weight is 432 g/mol. The Morgan fingerprint density at radius 1 is 1.03 bits per heavy atom. The van der Waals surface area contributed by atoms with Gasteiger partial charge in [-0.1, -0.05) is 29.8 Å². The Bertz CT molecular complexity index is 867. The number of hydrogen-bond donors (Lipinski definition) is 1. The SMILES string of the molecule is COC(=O)C(c1ccccc1Cl)N1CCN(CC(=O)Nc2ccc(OC)cc2)CC1. The molecule has 1 heterocycles. The van der Waals surface area contributed by atoms with E-state index in [4.69, 9.17) is 21.1 Å². The first-order valence-corrected chi connectivity index (χ1v) is 10.1. The average Bonchev–Trinajstić information content (AvgIpc) is 2.76. The number of hydrogen-bond acceptors (Lipinski definition) is 6. The maximum Gasteiger partial charge on any atom is 0.327 e. The Labute approximate surface area is 181 Å². The first-order valence-electron chi connectivity index (χ1n) is 9.74. The molecule has 2 aromatic carbocycles. The van der Waals surface area contributed by atoms with E-state index in [-0.39, 0.29) is 18.4 Å². The smallest absolute Gasteiger partial charge is 0.327 e. The molecule has 3 rings (SSSR count). The van der Waals surface area contributed by atoms with Gasteiger partial charge in [0, 0.05) is 36.9 Å². The molecule has 1 unspecified atom stereocenters. The summed E-state index contributed by atoms with van der Waals surface area (Å²) in [6.07, 6.45) is 0. The van der Waals surface area contributed by atoms with E-state index in [2.05, 4.69) is 10.2 Å². The van der Waals surface area contributed by atoms with Crippen molar-refractivity contribution in [3.05, 3.63) is 59.1 Å². The quantitative estimate of drug-likeness (QED) is 0.680. The molecule has 1 atom stereocenters. The van der Waals surface area contributed by atoms with Gasteiger partial charge in [-0.15, -0.1) is 0 Å². The van der Waals surface area contributed by atoms with Crippen LogP contribution in [0.1, 0.15) is 11.6 Å². The molecule has 1 amide bonds. The highest BCUT2D eigenvalue weighted by molar-refractivity contribution is 6.31. The molecule has 1 N–H and O–H groups in total. The third-order valence-electron chi connectivity index (χ3n) is 5.14. The zero-order valence-corrected chi connectivity index (χ0v) is 17.9. The predicted molar refractivity (Wildman–Crippen MR) is 116 cm³/mol. The molecule has 0 bridgehead atoms. The van der Waals surface area contributed by atoms with Crippen LogP contribution in [-0.4, -0.2) is 68.6 Å². The van der Waals surface area contributed by atoms with Gasteiger partial charge in [0.2, 0.25) is 5.91 Å². The molecule has 1 saturated heterocycles. The second-order valence-corrected chi connectivity index (χ2v) is 7.44. The monoisotopic (exact) mass is 431 g/mol. The third kappa shape index (κ3) is 5.50. The van der Waals surface area contributed by atoms with Crippen molar-refractivity contribution in [2.75, 3.05) is 52.3 Å². The van der Waals surface area contributed by atoms with E-state index in [1.807, 2.05) is 23.1 Å². The van der Waals surface area contributed by atoms with E-state index < -0.39 is 6.04 Å². The van der Waals surface area contributed by atoms with Gasteiger partial charge in [0.1, 0.15) is 11.8 Å². The largest absolute Gasteiger partial charge is 0.497 e. The van der Waals surface area contributed by atoms with Crippen LogP contribution in [0.2, 0.25) is 5.02 Å². The molecule has 30 heavy (non-hydrogen) atoms. The summed E-state index contributed by atoms with van der Waals surface area (Å²) in [5.41, 5.74) is 1.46. The molecule has 1 fully saturated rings. The Balaban J connectivity index is 1.56. The van der Waals surface area contributed by atoms with Crippen molar-refractivity contribution in [1.29, 1.82) is 0 Å². The number of ether oxygens (including phenoxy) is 2. The van der Waals surface area contributed by atoms with Gasteiger partial charge >= 0.3 is 5.97 Å². The predicted octanol–water partition coefficient (Wildman–Crippen LogP) is 2.82. The first-order chi connectivity index (χ1) is 14.5. The Morgan fingerprint density at radius 3 is 2.30 bits per heavy atom. The zero-order valence-electron chi connectivity index (χ0n) is 17.1. The van der Waals surface area contributed by atoms with Crippen molar-refractivity contribution >= 4 is 29.2 Å². The van der Waals surface area contributed by atoms with Crippen LogP contribution >= 0.6 is 11.6 Å². The standard InChI is InChI=1S/C22H26ClN3O4/c1-29-17-9-7-16(8-10-17)24-20(27)15-25-11-13-26(14-12-25)21(22(28)30-2)18-5-3-4-6-19(18)23/h3-10,21H,11-15H2,1-2H3,(H,24,27). The van der Waals surface area contributed by atoms with Crippen LogP contribution in [0.4, 0.5) is 5.69 Å². The summed E-state index contributed by atoms with van der Waals surface area (Å²) in [4.78, 5) is 29.0. The molecular formula is C22H26ClN3O4. The second kappa shape index (κ2) is 10.4. The van der Waals surface area contributed by atoms with Crippen molar-refractivity contribution < 1.29 is 19.1 Å². The fraction of sp³-hybridized carbons (Fsp3) is 0.364. The molecule has 0 spiro atoms. The number of halogens is 1. The molecule has 7 nitrogen and oxygen atoms in total. The minimum absolute atomic E-state index is 0.0794. The van der Waals surface area contributed by atoms with Crippen LogP contribution in [0.25, 0.3) is 0 Å². The first kappa shape index (κ1) is 22.1. The van der Waals surface area contributed by atoms with Crippen LogP contribution in [-0.2, 0) is 14.3 Å². The number of benzene rings is 2. The molecule has 0 radical (unpaired) electrons. The number of anilines is 1. The summed E-state index contributed by atoms with van der Waals surface area (Å²) in [5, 5.41) is 3.43. The lowest BCUT2D eigenvalue weighted by Crippen LogP contribution is -2.51. The Morgan fingerprint density at radius 2 is 1.70 bits per heavy atom. The molecule has 2 aromatic rings. The maximum absolute atomic E-state index is 12.5. The Kier molecular flexibility index (Phi) is 7.68.